The highest BCUT2D eigenvalue weighted by Crippen LogP contribution is 2.50. The number of H-pyrrole nitrogens is 2. The van der Waals surface area contributed by atoms with Crippen molar-refractivity contribution in [1.29, 1.82) is 10.5 Å². The summed E-state index contributed by atoms with van der Waals surface area (Å²) in [6.07, 6.45) is 7.38. The minimum absolute atomic E-state index is 0.0498. The fourth-order valence-corrected chi connectivity index (χ4v) is 16.3. The number of morpholine rings is 2. The van der Waals surface area contributed by atoms with Gasteiger partial charge < -0.3 is 29.2 Å². The zero-order valence-corrected chi connectivity index (χ0v) is 41.9. The third kappa shape index (κ3) is 6.81. The van der Waals surface area contributed by atoms with Gasteiger partial charge in [0.15, 0.2) is 10.3 Å². The molecule has 5 aliphatic heterocycles. The summed E-state index contributed by atoms with van der Waals surface area (Å²) in [5, 5.41) is 22.3. The molecule has 4 aromatic heterocycles. The minimum Gasteiger partial charge on any atom is -0.379 e. The van der Waals surface area contributed by atoms with Crippen molar-refractivity contribution in [2.75, 3.05) is 75.5 Å². The van der Waals surface area contributed by atoms with Crippen LogP contribution in [0, 0.1) is 34.5 Å². The topological polar surface area (TPSA) is 170 Å². The molecule has 6 aromatic rings. The van der Waals surface area contributed by atoms with Crippen molar-refractivity contribution in [2.24, 2.45) is 11.8 Å². The summed E-state index contributed by atoms with van der Waals surface area (Å²) in [5.41, 5.74) is 7.06. The van der Waals surface area contributed by atoms with Gasteiger partial charge in [-0.1, -0.05) is 34.8 Å². The van der Waals surface area contributed by atoms with Crippen LogP contribution in [-0.4, -0.2) is 131 Å². The molecule has 16 heteroatoms. The van der Waals surface area contributed by atoms with Gasteiger partial charge in [0, 0.05) is 107 Å². The number of nitrogens with zero attached hydrogens (tertiary/aromatic N) is 8. The molecule has 70 heavy (non-hydrogen) atoms. The third-order valence-electron chi connectivity index (χ3n) is 17.4. The van der Waals surface area contributed by atoms with Crippen LogP contribution < -0.4 is 9.80 Å². The van der Waals surface area contributed by atoms with E-state index in [0.717, 1.165) is 154 Å². The van der Waals surface area contributed by atoms with Crippen LogP contribution in [0.3, 0.4) is 0 Å². The van der Waals surface area contributed by atoms with E-state index in [1.807, 2.05) is 24.3 Å². The fourth-order valence-electron chi connectivity index (χ4n) is 13.9. The van der Waals surface area contributed by atoms with E-state index in [-0.39, 0.29) is 11.6 Å². The van der Waals surface area contributed by atoms with E-state index in [9.17, 15) is 20.1 Å². The van der Waals surface area contributed by atoms with E-state index < -0.39 is 10.8 Å². The molecule has 2 aromatic carbocycles. The van der Waals surface area contributed by atoms with Crippen LogP contribution in [0.1, 0.15) is 131 Å². The summed E-state index contributed by atoms with van der Waals surface area (Å²) in [6.45, 7) is 18.1. The summed E-state index contributed by atoms with van der Waals surface area (Å²) in [4.78, 5) is 56.4. The Morgan fingerprint density at radius 1 is 0.643 bits per heavy atom. The zero-order valence-electron chi connectivity index (χ0n) is 40.3. The number of carbonyl (C=O) groups is 2. The number of fused-ring (bicyclic) bond motifs is 12. The highest BCUT2D eigenvalue weighted by Gasteiger charge is 2.49. The van der Waals surface area contributed by atoms with E-state index in [2.05, 4.69) is 69.4 Å². The van der Waals surface area contributed by atoms with Crippen molar-refractivity contribution in [3.05, 3.63) is 91.2 Å². The molecule has 14 nitrogen and oxygen atoms in total. The zero-order chi connectivity index (χ0) is 47.8. The van der Waals surface area contributed by atoms with Gasteiger partial charge in [-0.15, -0.1) is 0 Å². The molecule has 8 aliphatic rings. The van der Waals surface area contributed by atoms with Gasteiger partial charge in [0.1, 0.15) is 9.75 Å². The first-order valence-electron chi connectivity index (χ1n) is 25.3. The Labute approximate surface area is 415 Å². The van der Waals surface area contributed by atoms with Crippen molar-refractivity contribution < 1.29 is 19.1 Å². The molecular weight excluding hydrogens is 917 g/mol. The molecule has 14 rings (SSSR count). The summed E-state index contributed by atoms with van der Waals surface area (Å²) in [5.74, 6) is 1.42. The molecule has 0 amide bonds. The number of aromatic nitrogens is 4. The molecule has 0 radical (unpaired) electrons. The second-order valence-electron chi connectivity index (χ2n) is 22.0. The first-order chi connectivity index (χ1) is 33.9. The summed E-state index contributed by atoms with van der Waals surface area (Å²) in [6, 6.07) is 17.9. The molecule has 1 saturated carbocycles. The van der Waals surface area contributed by atoms with Gasteiger partial charge in [-0.05, 0) is 102 Å². The maximum atomic E-state index is 13.8. The minimum atomic E-state index is -0.412. The normalized spacial score (nSPS) is 26.9. The maximum Gasteiger partial charge on any atom is 0.207 e. The second-order valence-corrected chi connectivity index (χ2v) is 23.9. The SMILES string of the molecule is CC1(C)c2nc(N3CC4CCC(C3)C4N3CCOCC3)sc2C(=O)c2c1[nH]c1cc(C#N)ccc21.CC1(C)c2nc(N3CCC(N4C5CCC4COC5)CC3)sc2C(=O)c2c1[nH]c1cc(C#N)ccc21. The number of ketones is 2. The lowest BCUT2D eigenvalue weighted by Crippen LogP contribution is -2.55. The van der Waals surface area contributed by atoms with Gasteiger partial charge in [-0.25, -0.2) is 9.97 Å². The monoisotopic (exact) mass is 974 g/mol. The number of benzene rings is 2. The van der Waals surface area contributed by atoms with Gasteiger partial charge in [0.25, 0.3) is 0 Å². The van der Waals surface area contributed by atoms with E-state index in [4.69, 9.17) is 19.4 Å². The lowest BCUT2D eigenvalue weighted by Gasteiger charge is -2.44. The molecule has 4 atom stereocenters. The third-order valence-corrected chi connectivity index (χ3v) is 19.6. The Bertz CT molecular complexity index is 3180. The van der Waals surface area contributed by atoms with E-state index in [1.54, 1.807) is 34.8 Å². The molecule has 4 bridgehead atoms. The Morgan fingerprint density at radius 2 is 1.14 bits per heavy atom. The predicted molar refractivity (Wildman–Crippen MR) is 271 cm³/mol. The molecule has 360 valence electrons. The van der Waals surface area contributed by atoms with Crippen LogP contribution in [-0.2, 0) is 20.3 Å². The van der Waals surface area contributed by atoms with E-state index >= 15 is 0 Å². The quantitative estimate of drug-likeness (QED) is 0.174. The van der Waals surface area contributed by atoms with Crippen molar-refractivity contribution >= 4 is 66.3 Å². The fraction of sp³-hybridized carbons (Fsp3) is 0.519. The molecular formula is C54H58N10O4S2. The summed E-state index contributed by atoms with van der Waals surface area (Å²) < 4.78 is 11.4. The molecule has 6 fully saturated rings. The molecule has 3 aliphatic carbocycles. The summed E-state index contributed by atoms with van der Waals surface area (Å²) >= 11 is 3.12. The number of nitrogens with one attached hydrogen (secondary N) is 2. The average Bonchev–Trinajstić information content (AvgIpc) is 4.25. The lowest BCUT2D eigenvalue weighted by molar-refractivity contribution is -0.0407. The standard InChI is InChI=1S/2C27H29N5O2S/c1-27(2)24-21(19-6-3-15(12-28)11-20(19)29-24)22(33)23-25(27)30-26(35-23)31-9-7-16(8-10-31)32-17-4-5-18(32)14-34-13-17;1-27(2)24-20(18-6-3-15(12-28)11-19(18)29-24)22(33)23-25(27)30-26(35-23)32-13-16-4-5-17(14-32)21(16)31-7-9-34-10-8-31/h3,6,11,16-18,29H,4-5,7-10,13-14H2,1-2H3;3,6,11,16-17,21,29H,4-5,7-10,13-14H2,1-2H3. The number of hydrogen-bond acceptors (Lipinski definition) is 14. The maximum absolute atomic E-state index is 13.8. The van der Waals surface area contributed by atoms with Crippen LogP contribution in [0.4, 0.5) is 10.3 Å². The van der Waals surface area contributed by atoms with Gasteiger partial charge in [0.2, 0.25) is 11.6 Å². The molecule has 9 heterocycles. The second kappa shape index (κ2) is 16.6. The summed E-state index contributed by atoms with van der Waals surface area (Å²) in [7, 11) is 0. The Morgan fingerprint density at radius 3 is 1.64 bits per heavy atom. The number of nitriles is 2. The average molecular weight is 975 g/mol. The number of aromatic amines is 2. The lowest BCUT2D eigenvalue weighted by atomic mass is 9.77. The van der Waals surface area contributed by atoms with Crippen molar-refractivity contribution in [1.82, 2.24) is 29.7 Å². The first-order valence-corrected chi connectivity index (χ1v) is 27.0. The first kappa shape index (κ1) is 44.5. The van der Waals surface area contributed by atoms with E-state index in [0.29, 0.717) is 47.1 Å². The van der Waals surface area contributed by atoms with Gasteiger partial charge >= 0.3 is 0 Å². The number of anilines is 2. The highest BCUT2D eigenvalue weighted by atomic mass is 32.1. The number of ether oxygens (including phenoxy) is 2. The largest absolute Gasteiger partial charge is 0.379 e. The molecule has 0 spiro atoms. The van der Waals surface area contributed by atoms with Crippen molar-refractivity contribution in [3.63, 3.8) is 0 Å². The van der Waals surface area contributed by atoms with Gasteiger partial charge in [-0.3, -0.25) is 19.4 Å². The van der Waals surface area contributed by atoms with Crippen LogP contribution in [0.5, 0.6) is 0 Å². The number of carbonyl (C=O) groups excluding carboxylic acids is 2. The number of piperidine rings is 2. The molecule has 2 N–H and O–H groups in total. The van der Waals surface area contributed by atoms with E-state index in [1.165, 1.54) is 25.7 Å². The Balaban J connectivity index is 0.000000137. The number of thiazole rings is 2. The Kier molecular flexibility index (Phi) is 10.5. The highest BCUT2D eigenvalue weighted by molar-refractivity contribution is 7.18. The van der Waals surface area contributed by atoms with Crippen LogP contribution in [0.15, 0.2) is 36.4 Å². The van der Waals surface area contributed by atoms with Gasteiger partial charge in [-0.2, -0.15) is 10.5 Å². The van der Waals surface area contributed by atoms with Crippen LogP contribution in [0.2, 0.25) is 0 Å². The number of rotatable bonds is 4. The van der Waals surface area contributed by atoms with Gasteiger partial charge in [0.05, 0.1) is 72.2 Å². The van der Waals surface area contributed by atoms with Crippen LogP contribution in [0.25, 0.3) is 21.8 Å². The van der Waals surface area contributed by atoms with Crippen molar-refractivity contribution in [3.8, 4) is 12.1 Å². The molecule has 4 unspecified atom stereocenters. The molecule has 5 saturated heterocycles. The predicted octanol–water partition coefficient (Wildman–Crippen LogP) is 8.11. The smallest absolute Gasteiger partial charge is 0.207 e. The van der Waals surface area contributed by atoms with Crippen LogP contribution >= 0.6 is 22.7 Å². The number of hydrogen-bond donors (Lipinski definition) is 2. The Hall–Kier alpha value is -5.46. The van der Waals surface area contributed by atoms with Crippen molar-refractivity contribution in [2.45, 2.75) is 101 Å².